The second-order valence-electron chi connectivity index (χ2n) is 3.66. The minimum Gasteiger partial charge on any atom is -0.496 e. The van der Waals surface area contributed by atoms with Crippen LogP contribution in [-0.4, -0.2) is 23.9 Å². The van der Waals surface area contributed by atoms with Crippen LogP contribution in [-0.2, 0) is 0 Å². The summed E-state index contributed by atoms with van der Waals surface area (Å²) in [5.74, 6) is 1.35. The van der Waals surface area contributed by atoms with Crippen molar-refractivity contribution in [2.24, 2.45) is 0 Å². The standard InChI is InChI=1S/C13H11BrN4O/c1-19-12-4-2-9(8-10(12)14)11-3-5-13(18-17-11)16-7-6-15/h2-5,8H,7H2,1H3,(H,16,18). The molecular weight excluding hydrogens is 308 g/mol. The Hall–Kier alpha value is -2.13. The van der Waals surface area contributed by atoms with E-state index in [0.717, 1.165) is 21.5 Å². The average molecular weight is 319 g/mol. The molecule has 0 amide bonds. The fourth-order valence-corrected chi connectivity index (χ4v) is 2.08. The highest BCUT2D eigenvalue weighted by atomic mass is 79.9. The fourth-order valence-electron chi connectivity index (χ4n) is 1.54. The lowest BCUT2D eigenvalue weighted by Gasteiger charge is -2.06. The van der Waals surface area contributed by atoms with Crippen LogP contribution in [0.15, 0.2) is 34.8 Å². The number of rotatable bonds is 4. The van der Waals surface area contributed by atoms with Gasteiger partial charge in [0.25, 0.3) is 0 Å². The Morgan fingerprint density at radius 2 is 2.16 bits per heavy atom. The zero-order valence-electron chi connectivity index (χ0n) is 10.2. The van der Waals surface area contributed by atoms with Crippen LogP contribution < -0.4 is 10.1 Å². The smallest absolute Gasteiger partial charge is 0.149 e. The summed E-state index contributed by atoms with van der Waals surface area (Å²) in [7, 11) is 1.62. The number of methoxy groups -OCH3 is 1. The SMILES string of the molecule is COc1ccc(-c2ccc(NCC#N)nn2)cc1Br. The molecule has 19 heavy (non-hydrogen) atoms. The number of nitrogens with zero attached hydrogens (tertiary/aromatic N) is 3. The lowest BCUT2D eigenvalue weighted by Crippen LogP contribution is -2.01. The molecular formula is C13H11BrN4O. The van der Waals surface area contributed by atoms with Gasteiger partial charge in [-0.1, -0.05) is 0 Å². The van der Waals surface area contributed by atoms with E-state index in [2.05, 4.69) is 31.4 Å². The number of nitrogens with one attached hydrogen (secondary N) is 1. The Balaban J connectivity index is 2.22. The number of benzene rings is 1. The van der Waals surface area contributed by atoms with Crippen molar-refractivity contribution in [2.75, 3.05) is 19.0 Å². The minimum absolute atomic E-state index is 0.210. The molecule has 5 nitrogen and oxygen atoms in total. The van der Waals surface area contributed by atoms with E-state index in [1.807, 2.05) is 30.3 Å². The van der Waals surface area contributed by atoms with Gasteiger partial charge in [-0.25, -0.2) is 0 Å². The Labute approximate surface area is 119 Å². The Morgan fingerprint density at radius 3 is 2.74 bits per heavy atom. The number of hydrogen-bond donors (Lipinski definition) is 1. The van der Waals surface area contributed by atoms with E-state index < -0.39 is 0 Å². The highest BCUT2D eigenvalue weighted by molar-refractivity contribution is 9.10. The Morgan fingerprint density at radius 1 is 1.32 bits per heavy atom. The number of hydrogen-bond acceptors (Lipinski definition) is 5. The quantitative estimate of drug-likeness (QED) is 0.878. The lowest BCUT2D eigenvalue weighted by molar-refractivity contribution is 0.412. The zero-order valence-corrected chi connectivity index (χ0v) is 11.8. The van der Waals surface area contributed by atoms with E-state index in [9.17, 15) is 0 Å². The summed E-state index contributed by atoms with van der Waals surface area (Å²) in [6, 6.07) is 11.3. The molecule has 0 radical (unpaired) electrons. The van der Waals surface area contributed by atoms with Gasteiger partial charge in [0.1, 0.15) is 18.1 Å². The van der Waals surface area contributed by atoms with Gasteiger partial charge in [-0.05, 0) is 46.3 Å². The maximum absolute atomic E-state index is 8.46. The highest BCUT2D eigenvalue weighted by Crippen LogP contribution is 2.29. The molecule has 2 aromatic rings. The van der Waals surface area contributed by atoms with Crippen molar-refractivity contribution >= 4 is 21.7 Å². The number of halogens is 1. The first-order valence-corrected chi connectivity index (χ1v) is 6.32. The topological polar surface area (TPSA) is 70.8 Å². The normalized spacial score (nSPS) is 9.74. The number of ether oxygens (including phenoxy) is 1. The second-order valence-corrected chi connectivity index (χ2v) is 4.52. The van der Waals surface area contributed by atoms with Crippen LogP contribution >= 0.6 is 15.9 Å². The van der Waals surface area contributed by atoms with E-state index in [1.165, 1.54) is 0 Å². The lowest BCUT2D eigenvalue weighted by atomic mass is 10.1. The van der Waals surface area contributed by atoms with E-state index >= 15 is 0 Å². The van der Waals surface area contributed by atoms with Crippen molar-refractivity contribution in [1.82, 2.24) is 10.2 Å². The highest BCUT2D eigenvalue weighted by Gasteiger charge is 2.05. The second kappa shape index (κ2) is 6.16. The van der Waals surface area contributed by atoms with Gasteiger partial charge in [0.2, 0.25) is 0 Å². The predicted octanol–water partition coefficient (Wildman–Crippen LogP) is 2.85. The predicted molar refractivity (Wildman–Crippen MR) is 75.8 cm³/mol. The van der Waals surface area contributed by atoms with Crippen LogP contribution in [0.5, 0.6) is 5.75 Å². The van der Waals surface area contributed by atoms with Crippen LogP contribution in [0.25, 0.3) is 11.3 Å². The molecule has 0 aliphatic heterocycles. The number of nitriles is 1. The summed E-state index contributed by atoms with van der Waals surface area (Å²) >= 11 is 3.43. The summed E-state index contributed by atoms with van der Waals surface area (Å²) < 4.78 is 6.04. The molecule has 2 rings (SSSR count). The maximum Gasteiger partial charge on any atom is 0.149 e. The molecule has 1 aromatic carbocycles. The third kappa shape index (κ3) is 3.20. The van der Waals surface area contributed by atoms with Gasteiger partial charge < -0.3 is 10.1 Å². The fraction of sp³-hybridized carbons (Fsp3) is 0.154. The van der Waals surface area contributed by atoms with E-state index in [4.69, 9.17) is 10.00 Å². The number of anilines is 1. The van der Waals surface area contributed by atoms with Crippen LogP contribution in [0.3, 0.4) is 0 Å². The largest absolute Gasteiger partial charge is 0.496 e. The number of aromatic nitrogens is 2. The molecule has 96 valence electrons. The minimum atomic E-state index is 0.210. The first-order chi connectivity index (χ1) is 9.24. The average Bonchev–Trinajstić information content (AvgIpc) is 2.45. The summed E-state index contributed by atoms with van der Waals surface area (Å²) in [4.78, 5) is 0. The molecule has 0 bridgehead atoms. The van der Waals surface area contributed by atoms with Crippen molar-refractivity contribution in [3.05, 3.63) is 34.8 Å². The molecule has 0 aliphatic rings. The van der Waals surface area contributed by atoms with E-state index in [0.29, 0.717) is 5.82 Å². The van der Waals surface area contributed by atoms with Crippen molar-refractivity contribution in [1.29, 1.82) is 5.26 Å². The third-order valence-corrected chi connectivity index (χ3v) is 3.08. The van der Waals surface area contributed by atoms with Crippen molar-refractivity contribution in [2.45, 2.75) is 0 Å². The summed E-state index contributed by atoms with van der Waals surface area (Å²) in [5.41, 5.74) is 1.69. The molecule has 1 aromatic heterocycles. The van der Waals surface area contributed by atoms with Crippen LogP contribution in [0.2, 0.25) is 0 Å². The summed E-state index contributed by atoms with van der Waals surface area (Å²) in [5, 5.41) is 19.4. The van der Waals surface area contributed by atoms with Gasteiger partial charge in [-0.2, -0.15) is 5.26 Å². The Kier molecular flexibility index (Phi) is 4.31. The van der Waals surface area contributed by atoms with Crippen LogP contribution in [0.4, 0.5) is 5.82 Å². The molecule has 1 heterocycles. The zero-order chi connectivity index (χ0) is 13.7. The first-order valence-electron chi connectivity index (χ1n) is 5.53. The van der Waals surface area contributed by atoms with Crippen molar-refractivity contribution in [3.63, 3.8) is 0 Å². The molecule has 0 unspecified atom stereocenters. The monoisotopic (exact) mass is 318 g/mol. The van der Waals surface area contributed by atoms with Gasteiger partial charge in [-0.3, -0.25) is 0 Å². The third-order valence-electron chi connectivity index (χ3n) is 2.46. The van der Waals surface area contributed by atoms with Gasteiger partial charge in [-0.15, -0.1) is 10.2 Å². The van der Waals surface area contributed by atoms with E-state index in [1.54, 1.807) is 13.2 Å². The molecule has 0 spiro atoms. The summed E-state index contributed by atoms with van der Waals surface area (Å²) in [6.45, 7) is 0.210. The molecule has 0 saturated heterocycles. The molecule has 0 aliphatic carbocycles. The van der Waals surface area contributed by atoms with Gasteiger partial charge in [0.15, 0.2) is 0 Å². The van der Waals surface area contributed by atoms with Gasteiger partial charge in [0.05, 0.1) is 23.3 Å². The molecule has 6 heteroatoms. The van der Waals surface area contributed by atoms with Crippen molar-refractivity contribution < 1.29 is 4.74 Å². The molecule has 0 atom stereocenters. The van der Waals surface area contributed by atoms with Gasteiger partial charge in [0, 0.05) is 5.56 Å². The molecule has 0 saturated carbocycles. The Bertz CT molecular complexity index is 607. The van der Waals surface area contributed by atoms with Crippen LogP contribution in [0.1, 0.15) is 0 Å². The maximum atomic E-state index is 8.46. The van der Waals surface area contributed by atoms with E-state index in [-0.39, 0.29) is 6.54 Å². The van der Waals surface area contributed by atoms with Crippen LogP contribution in [0, 0.1) is 11.3 Å². The van der Waals surface area contributed by atoms with Gasteiger partial charge >= 0.3 is 0 Å². The molecule has 0 fully saturated rings. The molecule has 1 N–H and O–H groups in total. The van der Waals surface area contributed by atoms with Crippen molar-refractivity contribution in [3.8, 4) is 23.1 Å². The first kappa shape index (κ1) is 13.3. The summed E-state index contributed by atoms with van der Waals surface area (Å²) in [6.07, 6.45) is 0.